The lowest BCUT2D eigenvalue weighted by atomic mass is 10.0. The van der Waals surface area contributed by atoms with Gasteiger partial charge in [0, 0.05) is 34.9 Å². The lowest BCUT2D eigenvalue weighted by Crippen LogP contribution is -2.32. The van der Waals surface area contributed by atoms with E-state index in [1.165, 1.54) is 12.4 Å². The van der Waals surface area contributed by atoms with Gasteiger partial charge in [0.25, 0.3) is 0 Å². The highest BCUT2D eigenvalue weighted by Crippen LogP contribution is 2.30. The number of halogens is 3. The average Bonchev–Trinajstić information content (AvgIpc) is 2.47. The zero-order valence-corrected chi connectivity index (χ0v) is 14.7. The summed E-state index contributed by atoms with van der Waals surface area (Å²) >= 11 is 23.5. The van der Waals surface area contributed by atoms with Gasteiger partial charge in [0.15, 0.2) is 16.1 Å². The Morgan fingerprint density at radius 2 is 1.82 bits per heavy atom. The molecule has 116 valence electrons. The van der Waals surface area contributed by atoms with Crippen LogP contribution in [0.25, 0.3) is 0 Å². The molecule has 0 aliphatic rings. The normalized spacial score (nSPS) is 11.8. The molecule has 2 N–H and O–H groups in total. The molecular formula is C14H13Cl3N4S. The minimum absolute atomic E-state index is 0.0817. The van der Waals surface area contributed by atoms with E-state index < -0.39 is 0 Å². The third-order valence-electron chi connectivity index (χ3n) is 2.95. The van der Waals surface area contributed by atoms with Gasteiger partial charge in [-0.3, -0.25) is 0 Å². The number of nitrogens with one attached hydrogen (secondary N) is 2. The summed E-state index contributed by atoms with van der Waals surface area (Å²) in [5.74, 6) is 0.489. The maximum Gasteiger partial charge on any atom is 0.172 e. The highest BCUT2D eigenvalue weighted by Gasteiger charge is 2.14. The second-order valence-corrected chi connectivity index (χ2v) is 6.15. The Hall–Kier alpha value is -1.14. The van der Waals surface area contributed by atoms with Gasteiger partial charge in [0.2, 0.25) is 0 Å². The molecule has 0 saturated heterocycles. The van der Waals surface area contributed by atoms with Crippen molar-refractivity contribution in [2.75, 3.05) is 11.9 Å². The van der Waals surface area contributed by atoms with Crippen LogP contribution in [-0.4, -0.2) is 21.6 Å². The summed E-state index contributed by atoms with van der Waals surface area (Å²) in [6, 6.07) is 5.45. The number of hydrogen-bond donors (Lipinski definition) is 2. The van der Waals surface area contributed by atoms with E-state index in [4.69, 9.17) is 47.0 Å². The minimum atomic E-state index is 0.0817. The molecule has 4 nitrogen and oxygen atoms in total. The van der Waals surface area contributed by atoms with Crippen LogP contribution >= 0.6 is 47.0 Å². The van der Waals surface area contributed by atoms with Gasteiger partial charge in [-0.2, -0.15) is 0 Å². The van der Waals surface area contributed by atoms with Crippen LogP contribution in [0.15, 0.2) is 30.6 Å². The molecule has 0 amide bonds. The van der Waals surface area contributed by atoms with Crippen LogP contribution in [0.3, 0.4) is 0 Å². The Morgan fingerprint density at radius 1 is 1.18 bits per heavy atom. The summed E-state index contributed by atoms with van der Waals surface area (Å²) in [6.07, 6.45) is 3.04. The summed E-state index contributed by atoms with van der Waals surface area (Å²) in [7, 11) is 0. The van der Waals surface area contributed by atoms with Gasteiger partial charge >= 0.3 is 0 Å². The van der Waals surface area contributed by atoms with Gasteiger partial charge in [-0.1, -0.05) is 47.8 Å². The highest BCUT2D eigenvalue weighted by atomic mass is 35.5. The Bertz CT molecular complexity index is 661. The maximum atomic E-state index is 6.19. The molecule has 22 heavy (non-hydrogen) atoms. The van der Waals surface area contributed by atoms with Gasteiger partial charge < -0.3 is 10.6 Å². The van der Waals surface area contributed by atoms with Crippen molar-refractivity contribution >= 4 is 58.0 Å². The molecule has 2 aromatic rings. The molecule has 0 bridgehead atoms. The fourth-order valence-electron chi connectivity index (χ4n) is 1.89. The van der Waals surface area contributed by atoms with E-state index in [-0.39, 0.29) is 11.1 Å². The SMILES string of the molecule is CC(CNC(=S)Nc1nccnc1Cl)c1c(Cl)cccc1Cl. The topological polar surface area (TPSA) is 49.8 Å². The largest absolute Gasteiger partial charge is 0.362 e. The quantitative estimate of drug-likeness (QED) is 0.769. The second kappa shape index (κ2) is 7.92. The third kappa shape index (κ3) is 4.43. The summed E-state index contributed by atoms with van der Waals surface area (Å²) in [6.45, 7) is 2.57. The van der Waals surface area contributed by atoms with Crippen LogP contribution in [0, 0.1) is 0 Å². The van der Waals surface area contributed by atoms with Crippen molar-refractivity contribution in [3.8, 4) is 0 Å². The first-order valence-corrected chi connectivity index (χ1v) is 7.98. The molecule has 0 aliphatic heterocycles. The van der Waals surface area contributed by atoms with E-state index in [9.17, 15) is 0 Å². The zero-order chi connectivity index (χ0) is 16.1. The van der Waals surface area contributed by atoms with Crippen molar-refractivity contribution in [2.24, 2.45) is 0 Å². The third-order valence-corrected chi connectivity index (χ3v) is 4.13. The maximum absolute atomic E-state index is 6.19. The van der Waals surface area contributed by atoms with Crippen LogP contribution in [0.1, 0.15) is 18.4 Å². The van der Waals surface area contributed by atoms with E-state index in [2.05, 4.69) is 20.6 Å². The lowest BCUT2D eigenvalue weighted by molar-refractivity contribution is 0.724. The Morgan fingerprint density at radius 3 is 2.45 bits per heavy atom. The predicted octanol–water partition coefficient (Wildman–Crippen LogP) is 4.53. The molecule has 1 heterocycles. The van der Waals surface area contributed by atoms with Crippen molar-refractivity contribution < 1.29 is 0 Å². The van der Waals surface area contributed by atoms with Crippen molar-refractivity contribution in [3.05, 3.63) is 51.4 Å². The Kier molecular flexibility index (Phi) is 6.20. The monoisotopic (exact) mass is 374 g/mol. The molecule has 8 heteroatoms. The summed E-state index contributed by atoms with van der Waals surface area (Å²) in [5, 5.41) is 7.91. The fourth-order valence-corrected chi connectivity index (χ4v) is 2.99. The average molecular weight is 376 g/mol. The summed E-state index contributed by atoms with van der Waals surface area (Å²) in [4.78, 5) is 7.97. The van der Waals surface area contributed by atoms with E-state index >= 15 is 0 Å². The van der Waals surface area contributed by atoms with Crippen LogP contribution in [0.2, 0.25) is 15.2 Å². The summed E-state index contributed by atoms with van der Waals surface area (Å²) < 4.78 is 0. The van der Waals surface area contributed by atoms with Crippen molar-refractivity contribution in [1.29, 1.82) is 0 Å². The molecule has 0 radical (unpaired) electrons. The second-order valence-electron chi connectivity index (χ2n) is 4.57. The minimum Gasteiger partial charge on any atom is -0.362 e. The number of hydrogen-bond acceptors (Lipinski definition) is 3. The molecule has 0 aliphatic carbocycles. The smallest absolute Gasteiger partial charge is 0.172 e. The number of rotatable bonds is 4. The van der Waals surface area contributed by atoms with Gasteiger partial charge in [-0.15, -0.1) is 0 Å². The van der Waals surface area contributed by atoms with E-state index in [0.717, 1.165) is 5.56 Å². The van der Waals surface area contributed by atoms with Gasteiger partial charge in [0.1, 0.15) is 0 Å². The molecule has 0 saturated carbocycles. The molecule has 1 unspecified atom stereocenters. The fraction of sp³-hybridized carbons (Fsp3) is 0.214. The first-order valence-electron chi connectivity index (χ1n) is 6.44. The standard InChI is InChI=1S/C14H13Cl3N4S/c1-8(11-9(15)3-2-4-10(11)16)7-20-14(22)21-13-12(17)18-5-6-19-13/h2-6,8H,7H2,1H3,(H2,19,20,21,22). The summed E-state index contributed by atoms with van der Waals surface area (Å²) in [5.41, 5.74) is 0.888. The molecule has 0 fully saturated rings. The first kappa shape index (κ1) is 17.2. The number of aromatic nitrogens is 2. The lowest BCUT2D eigenvalue weighted by Gasteiger charge is -2.17. The molecule has 1 aromatic heterocycles. The molecule has 2 rings (SSSR count). The first-order chi connectivity index (χ1) is 10.5. The zero-order valence-electron chi connectivity index (χ0n) is 11.6. The van der Waals surface area contributed by atoms with E-state index in [1.807, 2.05) is 25.1 Å². The van der Waals surface area contributed by atoms with Crippen LogP contribution in [-0.2, 0) is 0 Å². The van der Waals surface area contributed by atoms with Crippen molar-refractivity contribution in [1.82, 2.24) is 15.3 Å². The molecule has 0 spiro atoms. The molecule has 1 atom stereocenters. The van der Waals surface area contributed by atoms with Crippen LogP contribution < -0.4 is 10.6 Å². The van der Waals surface area contributed by atoms with Gasteiger partial charge in [0.05, 0.1) is 0 Å². The van der Waals surface area contributed by atoms with E-state index in [1.54, 1.807) is 0 Å². The van der Waals surface area contributed by atoms with Crippen LogP contribution in [0.5, 0.6) is 0 Å². The van der Waals surface area contributed by atoms with Crippen molar-refractivity contribution in [3.63, 3.8) is 0 Å². The van der Waals surface area contributed by atoms with E-state index in [0.29, 0.717) is 27.5 Å². The Labute approximate surface area is 149 Å². The van der Waals surface area contributed by atoms with Crippen LogP contribution in [0.4, 0.5) is 5.82 Å². The van der Waals surface area contributed by atoms with Crippen molar-refractivity contribution in [2.45, 2.75) is 12.8 Å². The number of anilines is 1. The number of thiocarbonyl (C=S) groups is 1. The molecular weight excluding hydrogens is 363 g/mol. The number of benzene rings is 1. The Balaban J connectivity index is 1.95. The predicted molar refractivity (Wildman–Crippen MR) is 96.1 cm³/mol. The highest BCUT2D eigenvalue weighted by molar-refractivity contribution is 7.80. The number of nitrogens with zero attached hydrogens (tertiary/aromatic N) is 2. The molecule has 1 aromatic carbocycles. The van der Waals surface area contributed by atoms with Gasteiger partial charge in [-0.05, 0) is 29.9 Å². The van der Waals surface area contributed by atoms with Gasteiger partial charge in [-0.25, -0.2) is 9.97 Å².